The highest BCUT2D eigenvalue weighted by Crippen LogP contribution is 2.37. The quantitative estimate of drug-likeness (QED) is 0.234. The van der Waals surface area contributed by atoms with Crippen LogP contribution in [0.25, 0.3) is 11.0 Å². The van der Waals surface area contributed by atoms with E-state index in [0.717, 1.165) is 31.0 Å². The summed E-state index contributed by atoms with van der Waals surface area (Å²) in [5.74, 6) is -1.15. The van der Waals surface area contributed by atoms with Gasteiger partial charge in [-0.2, -0.15) is 13.2 Å². The molecule has 49 heavy (non-hydrogen) atoms. The zero-order chi connectivity index (χ0) is 35.0. The number of hydrogen-bond acceptors (Lipinski definition) is 7. The number of ether oxygens (including phenoxy) is 1. The van der Waals surface area contributed by atoms with Crippen LogP contribution in [0.4, 0.5) is 28.0 Å². The van der Waals surface area contributed by atoms with Crippen molar-refractivity contribution < 1.29 is 31.9 Å². The van der Waals surface area contributed by atoms with Crippen LogP contribution in [0.1, 0.15) is 52.1 Å². The second kappa shape index (κ2) is 13.6. The highest BCUT2D eigenvalue weighted by Gasteiger charge is 2.35. The number of carbonyl (C=O) groups excluding carboxylic acids is 2. The van der Waals surface area contributed by atoms with Crippen LogP contribution in [0.15, 0.2) is 42.7 Å². The van der Waals surface area contributed by atoms with E-state index in [1.54, 1.807) is 20.2 Å². The molecule has 6 rings (SSSR count). The largest absolute Gasteiger partial charge is 0.452 e. The number of anilines is 1. The summed E-state index contributed by atoms with van der Waals surface area (Å²) in [5.41, 5.74) is 1.33. The first-order valence-electron chi connectivity index (χ1n) is 16.0. The summed E-state index contributed by atoms with van der Waals surface area (Å²) in [4.78, 5) is 44.5. The molecular formula is C34H38F4N8O3. The topological polar surface area (TPSA) is 110 Å². The Morgan fingerprint density at radius 1 is 1.08 bits per heavy atom. The average molecular weight is 683 g/mol. The van der Waals surface area contributed by atoms with Gasteiger partial charge < -0.3 is 29.7 Å². The molecule has 0 aliphatic carbocycles. The Balaban J connectivity index is 1.21. The summed E-state index contributed by atoms with van der Waals surface area (Å²) >= 11 is 0. The van der Waals surface area contributed by atoms with E-state index in [2.05, 4.69) is 25.2 Å². The first kappa shape index (κ1) is 34.1. The monoisotopic (exact) mass is 682 g/mol. The van der Waals surface area contributed by atoms with Gasteiger partial charge in [-0.05, 0) is 48.9 Å². The molecule has 0 unspecified atom stereocenters. The molecule has 260 valence electrons. The minimum atomic E-state index is -4.59. The Kier molecular flexibility index (Phi) is 9.49. The van der Waals surface area contributed by atoms with Gasteiger partial charge in [-0.1, -0.05) is 13.0 Å². The van der Waals surface area contributed by atoms with E-state index in [0.29, 0.717) is 31.6 Å². The van der Waals surface area contributed by atoms with E-state index in [4.69, 9.17) is 4.74 Å². The Labute approximate surface area is 280 Å². The van der Waals surface area contributed by atoms with Crippen molar-refractivity contribution in [2.75, 3.05) is 59.2 Å². The van der Waals surface area contributed by atoms with Gasteiger partial charge in [0.15, 0.2) is 11.6 Å². The van der Waals surface area contributed by atoms with Crippen molar-refractivity contribution >= 4 is 28.7 Å². The van der Waals surface area contributed by atoms with Gasteiger partial charge in [0.2, 0.25) is 0 Å². The first-order valence-corrected chi connectivity index (χ1v) is 16.0. The lowest BCUT2D eigenvalue weighted by Gasteiger charge is -2.34. The van der Waals surface area contributed by atoms with Crippen LogP contribution in [-0.2, 0) is 19.3 Å². The van der Waals surface area contributed by atoms with E-state index in [1.807, 2.05) is 18.9 Å². The lowest BCUT2D eigenvalue weighted by molar-refractivity contribution is -0.138. The number of amides is 3. The van der Waals surface area contributed by atoms with E-state index in [9.17, 15) is 22.8 Å². The maximum atomic E-state index is 15.0. The fourth-order valence-corrected chi connectivity index (χ4v) is 6.26. The molecule has 1 atom stereocenters. The van der Waals surface area contributed by atoms with E-state index in [-0.39, 0.29) is 64.4 Å². The smallest absolute Gasteiger partial charge is 0.416 e. The summed E-state index contributed by atoms with van der Waals surface area (Å²) in [6.07, 6.45) is -1.48. The predicted octanol–water partition coefficient (Wildman–Crippen LogP) is 5.90. The van der Waals surface area contributed by atoms with Gasteiger partial charge >= 0.3 is 12.2 Å². The molecule has 1 saturated heterocycles. The minimum absolute atomic E-state index is 0.0457. The van der Waals surface area contributed by atoms with Crippen LogP contribution in [0.5, 0.6) is 11.5 Å². The predicted molar refractivity (Wildman–Crippen MR) is 175 cm³/mol. The van der Waals surface area contributed by atoms with Gasteiger partial charge in [0.1, 0.15) is 17.1 Å². The molecule has 15 heteroatoms. The second-order valence-electron chi connectivity index (χ2n) is 12.8. The van der Waals surface area contributed by atoms with Crippen molar-refractivity contribution in [2.24, 2.45) is 0 Å². The molecule has 3 amide bonds. The number of benzene rings is 1. The fourth-order valence-electron chi connectivity index (χ4n) is 6.26. The van der Waals surface area contributed by atoms with Crippen molar-refractivity contribution in [3.8, 4) is 11.5 Å². The molecular weight excluding hydrogens is 644 g/mol. The number of alkyl halides is 3. The molecule has 0 bridgehead atoms. The minimum Gasteiger partial charge on any atom is -0.452 e. The van der Waals surface area contributed by atoms with E-state index >= 15 is 4.39 Å². The van der Waals surface area contributed by atoms with Crippen molar-refractivity contribution in [1.82, 2.24) is 34.6 Å². The zero-order valence-electron chi connectivity index (χ0n) is 27.7. The Hall–Kier alpha value is -4.76. The highest BCUT2D eigenvalue weighted by molar-refractivity contribution is 5.98. The number of urea groups is 1. The van der Waals surface area contributed by atoms with Gasteiger partial charge in [-0.25, -0.2) is 14.2 Å². The molecule has 0 radical (unpaired) electrons. The van der Waals surface area contributed by atoms with Crippen LogP contribution in [0, 0.1) is 5.82 Å². The number of nitrogens with one attached hydrogen (secondary N) is 2. The van der Waals surface area contributed by atoms with Crippen LogP contribution in [-0.4, -0.2) is 100 Å². The lowest BCUT2D eigenvalue weighted by atomic mass is 9.92. The molecule has 1 fully saturated rings. The number of likely N-dealkylation sites (N-methyl/N-ethyl adjacent to an activating group) is 1. The Bertz CT molecular complexity index is 1870. The molecule has 0 spiro atoms. The molecule has 2 aliphatic heterocycles. The van der Waals surface area contributed by atoms with Crippen molar-refractivity contribution in [2.45, 2.75) is 38.5 Å². The van der Waals surface area contributed by atoms with Crippen LogP contribution < -0.4 is 10.1 Å². The average Bonchev–Trinajstić information content (AvgIpc) is 3.51. The summed E-state index contributed by atoms with van der Waals surface area (Å²) in [6.45, 7) is 5.46. The lowest BCUT2D eigenvalue weighted by Crippen LogP contribution is -2.44. The molecule has 2 aliphatic rings. The van der Waals surface area contributed by atoms with Gasteiger partial charge in [-0.3, -0.25) is 14.7 Å². The van der Waals surface area contributed by atoms with Crippen molar-refractivity contribution in [3.05, 3.63) is 76.6 Å². The van der Waals surface area contributed by atoms with E-state index in [1.165, 1.54) is 34.2 Å². The maximum absolute atomic E-state index is 15.0. The first-order chi connectivity index (χ1) is 23.3. The number of fused-ring (bicyclic) bond motifs is 2. The Morgan fingerprint density at radius 3 is 2.53 bits per heavy atom. The molecule has 4 aromatic rings. The van der Waals surface area contributed by atoms with Crippen LogP contribution in [0.2, 0.25) is 0 Å². The van der Waals surface area contributed by atoms with Gasteiger partial charge in [0, 0.05) is 71.5 Å². The van der Waals surface area contributed by atoms with Crippen LogP contribution in [0.3, 0.4) is 0 Å². The standard InChI is InChI=1S/C34H38F4N8O3/c1-5-20-18-46(33(48)41-23-7-6-21(26(13-23)34(36,37)38)17-45-10-8-44(4)9-11-45)19-22-12-24(15-39-29(20)22)49-30-25-14-28(32(47)43(2)3)42-31(25)40-16-27(30)35/h6-7,12-16,20H,5,8-11,17-19H2,1-4H3,(H,40,42)(H,41,48)/t20-/m0/s1. The normalized spacial score (nSPS) is 17.2. The number of nitrogens with zero attached hydrogens (tertiary/aromatic N) is 6. The number of aromatic nitrogens is 3. The molecule has 0 saturated carbocycles. The van der Waals surface area contributed by atoms with Crippen molar-refractivity contribution in [3.63, 3.8) is 0 Å². The number of hydrogen-bond donors (Lipinski definition) is 2. The zero-order valence-corrected chi connectivity index (χ0v) is 27.7. The number of rotatable bonds is 7. The maximum Gasteiger partial charge on any atom is 0.416 e. The molecule has 2 N–H and O–H groups in total. The number of aromatic amines is 1. The number of piperazine rings is 1. The fraction of sp³-hybridized carbons (Fsp3) is 0.412. The summed E-state index contributed by atoms with van der Waals surface area (Å²) in [5, 5.41) is 2.93. The summed E-state index contributed by atoms with van der Waals surface area (Å²) in [6, 6.07) is 6.52. The number of pyridine rings is 2. The van der Waals surface area contributed by atoms with E-state index < -0.39 is 23.6 Å². The second-order valence-corrected chi connectivity index (χ2v) is 12.8. The summed E-state index contributed by atoms with van der Waals surface area (Å²) < 4.78 is 63.5. The molecule has 5 heterocycles. The molecule has 1 aromatic carbocycles. The van der Waals surface area contributed by atoms with Crippen molar-refractivity contribution in [1.29, 1.82) is 0 Å². The van der Waals surface area contributed by atoms with Gasteiger partial charge in [0.05, 0.1) is 29.0 Å². The number of carbonyl (C=O) groups is 2. The Morgan fingerprint density at radius 2 is 1.84 bits per heavy atom. The van der Waals surface area contributed by atoms with Crippen LogP contribution >= 0.6 is 0 Å². The third-order valence-corrected chi connectivity index (χ3v) is 9.02. The highest BCUT2D eigenvalue weighted by atomic mass is 19.4. The number of H-pyrrole nitrogens is 1. The molecule has 11 nitrogen and oxygen atoms in total. The van der Waals surface area contributed by atoms with Gasteiger partial charge in [-0.15, -0.1) is 0 Å². The molecule has 3 aromatic heterocycles. The third kappa shape index (κ3) is 7.32. The summed E-state index contributed by atoms with van der Waals surface area (Å²) in [7, 11) is 5.17. The third-order valence-electron chi connectivity index (χ3n) is 9.02. The SMILES string of the molecule is CC[C@H]1CN(C(=O)Nc2ccc(CN3CCN(C)CC3)c(C(F)(F)F)c2)Cc2cc(Oc3c(F)cnc4[nH]c(C(=O)N(C)C)cc34)cnc21. The van der Waals surface area contributed by atoms with Gasteiger partial charge in [0.25, 0.3) is 5.91 Å². The number of halogens is 4.